The van der Waals surface area contributed by atoms with E-state index in [0.29, 0.717) is 19.5 Å². The lowest BCUT2D eigenvalue weighted by atomic mass is 10.0. The van der Waals surface area contributed by atoms with E-state index in [1.165, 1.54) is 16.5 Å². The summed E-state index contributed by atoms with van der Waals surface area (Å²) in [6.07, 6.45) is 5.94. The Kier molecular flexibility index (Phi) is 7.03. The number of hydrogen-bond donors (Lipinski definition) is 1. The van der Waals surface area contributed by atoms with E-state index < -0.39 is 17.7 Å². The molecule has 1 saturated heterocycles. The number of nitrogens with zero attached hydrogens (tertiary/aromatic N) is 2. The molecule has 0 aliphatic carbocycles. The van der Waals surface area contributed by atoms with Crippen molar-refractivity contribution < 1.29 is 19.1 Å². The molecule has 1 aromatic carbocycles. The van der Waals surface area contributed by atoms with Crippen molar-refractivity contribution in [3.05, 3.63) is 42.0 Å². The van der Waals surface area contributed by atoms with Crippen molar-refractivity contribution in [2.24, 2.45) is 0 Å². The number of rotatable bonds is 4. The van der Waals surface area contributed by atoms with E-state index in [9.17, 15) is 14.4 Å². The second-order valence-electron chi connectivity index (χ2n) is 9.21. The maximum absolute atomic E-state index is 12.9. The van der Waals surface area contributed by atoms with Crippen LogP contribution < -0.4 is 10.2 Å². The highest BCUT2D eigenvalue weighted by Gasteiger charge is 2.35. The Hall–Kier alpha value is -2.83. The Morgan fingerprint density at radius 2 is 1.90 bits per heavy atom. The molecule has 0 unspecified atom stereocenters. The molecule has 1 aromatic rings. The van der Waals surface area contributed by atoms with Crippen molar-refractivity contribution >= 4 is 23.6 Å². The minimum absolute atomic E-state index is 0.0981. The number of benzene rings is 1. The molecule has 1 N–H and O–H groups in total. The maximum atomic E-state index is 12.9. The van der Waals surface area contributed by atoms with Crippen molar-refractivity contribution in [3.63, 3.8) is 0 Å². The van der Waals surface area contributed by atoms with E-state index >= 15 is 0 Å². The van der Waals surface area contributed by atoms with Gasteiger partial charge in [0, 0.05) is 30.9 Å². The van der Waals surface area contributed by atoms with Crippen LogP contribution in [0.2, 0.25) is 0 Å². The zero-order chi connectivity index (χ0) is 22.6. The van der Waals surface area contributed by atoms with Crippen LogP contribution in [0, 0.1) is 0 Å². The topological polar surface area (TPSA) is 79.0 Å². The van der Waals surface area contributed by atoms with Crippen LogP contribution in [0.5, 0.6) is 0 Å². The fourth-order valence-corrected chi connectivity index (χ4v) is 4.00. The summed E-state index contributed by atoms with van der Waals surface area (Å²) in [5, 5.41) is 2.92. The Morgan fingerprint density at radius 1 is 1.16 bits per heavy atom. The number of anilines is 1. The Bertz CT molecular complexity index is 859. The fourth-order valence-electron chi connectivity index (χ4n) is 4.00. The number of para-hydroxylation sites is 1. The normalized spacial score (nSPS) is 19.8. The summed E-state index contributed by atoms with van der Waals surface area (Å²) >= 11 is 0. The number of fused-ring (bicyclic) bond motifs is 1. The molecule has 0 spiro atoms. The first-order chi connectivity index (χ1) is 14.7. The van der Waals surface area contributed by atoms with Crippen LogP contribution in [0.4, 0.5) is 10.5 Å². The average molecular weight is 428 g/mol. The standard InChI is InChI=1S/C24H33N3O4/c1-17(12-13-21(28)26-16-14-18-9-5-6-10-19(18)26)25-22(29)20-11-7-8-15-27(20)23(30)31-24(2,3)4/h5-6,9-10,12-13,17,20H,7-8,11,14-16H2,1-4H3,(H,25,29)/b13-12+/t17-,20-/m0/s1. The van der Waals surface area contributed by atoms with Crippen molar-refractivity contribution in [1.29, 1.82) is 0 Å². The molecule has 2 aliphatic heterocycles. The number of hydrogen-bond acceptors (Lipinski definition) is 4. The van der Waals surface area contributed by atoms with Crippen molar-refractivity contribution in [2.75, 3.05) is 18.0 Å². The number of nitrogens with one attached hydrogen (secondary N) is 1. The van der Waals surface area contributed by atoms with Gasteiger partial charge in [0.05, 0.1) is 0 Å². The molecule has 1 fully saturated rings. The third-order valence-corrected chi connectivity index (χ3v) is 5.48. The summed E-state index contributed by atoms with van der Waals surface area (Å²) in [4.78, 5) is 41.3. The van der Waals surface area contributed by atoms with Gasteiger partial charge >= 0.3 is 6.09 Å². The van der Waals surface area contributed by atoms with Gasteiger partial charge in [0.25, 0.3) is 5.91 Å². The lowest BCUT2D eigenvalue weighted by Crippen LogP contribution is -2.54. The molecule has 31 heavy (non-hydrogen) atoms. The third kappa shape index (κ3) is 5.87. The predicted octanol–water partition coefficient (Wildman–Crippen LogP) is 3.43. The van der Waals surface area contributed by atoms with Gasteiger partial charge in [-0.05, 0) is 65.0 Å². The van der Waals surface area contributed by atoms with Gasteiger partial charge in [0.2, 0.25) is 5.91 Å². The molecular weight excluding hydrogens is 394 g/mol. The maximum Gasteiger partial charge on any atom is 0.410 e. The van der Waals surface area contributed by atoms with Crippen LogP contribution in [0.15, 0.2) is 36.4 Å². The average Bonchev–Trinajstić information content (AvgIpc) is 3.15. The molecule has 7 nitrogen and oxygen atoms in total. The van der Waals surface area contributed by atoms with Crippen LogP contribution in [0.1, 0.15) is 52.5 Å². The van der Waals surface area contributed by atoms with Crippen LogP contribution in [0.3, 0.4) is 0 Å². The second kappa shape index (κ2) is 9.54. The van der Waals surface area contributed by atoms with Crippen molar-refractivity contribution in [3.8, 4) is 0 Å². The first-order valence-electron chi connectivity index (χ1n) is 11.0. The minimum Gasteiger partial charge on any atom is -0.444 e. The lowest BCUT2D eigenvalue weighted by molar-refractivity contribution is -0.128. The summed E-state index contributed by atoms with van der Waals surface area (Å²) in [6.45, 7) is 8.42. The van der Waals surface area contributed by atoms with Crippen LogP contribution in [-0.4, -0.2) is 53.6 Å². The van der Waals surface area contributed by atoms with Gasteiger partial charge in [-0.1, -0.05) is 24.3 Å². The SMILES string of the molecule is C[C@@H](/C=C/C(=O)N1CCc2ccccc21)NC(=O)[C@@H]1CCCCN1C(=O)OC(C)(C)C. The number of carbonyl (C=O) groups excluding carboxylic acids is 3. The summed E-state index contributed by atoms with van der Waals surface area (Å²) in [5.41, 5.74) is 1.51. The number of ether oxygens (including phenoxy) is 1. The van der Waals surface area contributed by atoms with E-state index in [2.05, 4.69) is 5.32 Å². The Balaban J connectivity index is 1.58. The van der Waals surface area contributed by atoms with Gasteiger partial charge in [-0.15, -0.1) is 0 Å². The number of likely N-dealkylation sites (tertiary alicyclic amines) is 1. The van der Waals surface area contributed by atoms with Gasteiger partial charge in [-0.3, -0.25) is 14.5 Å². The quantitative estimate of drug-likeness (QED) is 0.747. The molecule has 2 heterocycles. The summed E-state index contributed by atoms with van der Waals surface area (Å²) in [7, 11) is 0. The lowest BCUT2D eigenvalue weighted by Gasteiger charge is -2.36. The van der Waals surface area contributed by atoms with E-state index in [4.69, 9.17) is 4.74 Å². The van der Waals surface area contributed by atoms with E-state index in [1.54, 1.807) is 11.0 Å². The molecule has 0 aromatic heterocycles. The Labute approximate surface area is 184 Å². The van der Waals surface area contributed by atoms with Crippen LogP contribution in [-0.2, 0) is 20.7 Å². The molecule has 168 valence electrons. The fraction of sp³-hybridized carbons (Fsp3) is 0.542. The molecular formula is C24H33N3O4. The summed E-state index contributed by atoms with van der Waals surface area (Å²) < 4.78 is 5.47. The molecule has 2 atom stereocenters. The molecule has 0 saturated carbocycles. The first kappa shape index (κ1) is 22.8. The molecule has 3 rings (SSSR count). The minimum atomic E-state index is -0.611. The Morgan fingerprint density at radius 3 is 2.65 bits per heavy atom. The van der Waals surface area contributed by atoms with Gasteiger partial charge in [0.15, 0.2) is 0 Å². The van der Waals surface area contributed by atoms with Gasteiger partial charge in [-0.2, -0.15) is 0 Å². The third-order valence-electron chi connectivity index (χ3n) is 5.48. The summed E-state index contributed by atoms with van der Waals surface area (Å²) in [5.74, 6) is -0.319. The highest BCUT2D eigenvalue weighted by molar-refractivity contribution is 6.03. The smallest absolute Gasteiger partial charge is 0.410 e. The van der Waals surface area contributed by atoms with E-state index in [0.717, 1.165) is 24.9 Å². The van der Waals surface area contributed by atoms with Crippen molar-refractivity contribution in [2.45, 2.75) is 71.1 Å². The highest BCUT2D eigenvalue weighted by Crippen LogP contribution is 2.27. The van der Waals surface area contributed by atoms with Crippen LogP contribution in [0.25, 0.3) is 0 Å². The van der Waals surface area contributed by atoms with Gasteiger partial charge < -0.3 is 15.0 Å². The second-order valence-corrected chi connectivity index (χ2v) is 9.21. The van der Waals surface area contributed by atoms with Gasteiger partial charge in [-0.25, -0.2) is 4.79 Å². The molecule has 0 radical (unpaired) electrons. The molecule has 3 amide bonds. The largest absolute Gasteiger partial charge is 0.444 e. The number of carbonyl (C=O) groups is 3. The molecule has 7 heteroatoms. The van der Waals surface area contributed by atoms with Crippen LogP contribution >= 0.6 is 0 Å². The zero-order valence-corrected chi connectivity index (χ0v) is 18.9. The monoisotopic (exact) mass is 427 g/mol. The number of piperidine rings is 1. The molecule has 0 bridgehead atoms. The van der Waals surface area contributed by atoms with Crippen molar-refractivity contribution in [1.82, 2.24) is 10.2 Å². The molecule has 2 aliphatic rings. The number of amides is 3. The predicted molar refractivity (Wildman–Crippen MR) is 120 cm³/mol. The zero-order valence-electron chi connectivity index (χ0n) is 18.9. The van der Waals surface area contributed by atoms with E-state index in [-0.39, 0.29) is 17.9 Å². The highest BCUT2D eigenvalue weighted by atomic mass is 16.6. The summed E-state index contributed by atoms with van der Waals surface area (Å²) in [6, 6.07) is 7.00. The van der Waals surface area contributed by atoms with E-state index in [1.807, 2.05) is 52.0 Å². The first-order valence-corrected chi connectivity index (χ1v) is 11.0. The van der Waals surface area contributed by atoms with Gasteiger partial charge in [0.1, 0.15) is 11.6 Å².